The van der Waals surface area contributed by atoms with Crippen molar-refractivity contribution in [2.45, 2.75) is 271 Å². The second kappa shape index (κ2) is 43.8. The Morgan fingerprint density at radius 1 is 0.327 bits per heavy atom. The molecule has 0 saturated heterocycles. The molecule has 0 aliphatic carbocycles. The second-order valence-electron chi connectivity index (χ2n) is 16.6. The molecule has 2 N–H and O–H groups in total. The van der Waals surface area contributed by atoms with Crippen LogP contribution in [-0.4, -0.2) is 40.9 Å². The lowest BCUT2D eigenvalue weighted by molar-refractivity contribution is 0.193. The Labute approximate surface area is 327 Å². The van der Waals surface area contributed by atoms with E-state index in [0.29, 0.717) is 0 Å². The number of nitrogens with zero attached hydrogens (tertiary/aromatic N) is 1. The first kappa shape index (κ1) is 52.1. The third-order valence-electron chi connectivity index (χ3n) is 11.3. The maximum absolute atomic E-state index is 10.7. The highest BCUT2D eigenvalue weighted by Gasteiger charge is 2.12. The molecule has 0 atom stereocenters. The summed E-state index contributed by atoms with van der Waals surface area (Å²) in [4.78, 5) is 20.2. The van der Waals surface area contributed by atoms with Gasteiger partial charge in [-0.15, -0.1) is 0 Å². The van der Waals surface area contributed by atoms with E-state index in [1.807, 2.05) is 0 Å². The van der Waals surface area contributed by atoms with Gasteiger partial charge < -0.3 is 14.7 Å². The van der Waals surface area contributed by atoms with E-state index in [9.17, 15) is 4.57 Å². The number of phosphoric ester groups is 1. The summed E-state index contributed by atoms with van der Waals surface area (Å²) in [7, 11) is -4.28. The summed E-state index contributed by atoms with van der Waals surface area (Å²) < 4.78 is 15.2. The highest BCUT2D eigenvalue weighted by atomic mass is 31.2. The monoisotopic (exact) mass is 758 g/mol. The summed E-state index contributed by atoms with van der Waals surface area (Å²) in [6.07, 6.45) is 55.4. The minimum absolute atomic E-state index is 0.169. The number of hydrogen-bond donors (Lipinski definition) is 2. The zero-order valence-corrected chi connectivity index (χ0v) is 36.6. The predicted molar refractivity (Wildman–Crippen MR) is 230 cm³/mol. The molecule has 0 aliphatic rings. The van der Waals surface area contributed by atoms with E-state index in [4.69, 9.17) is 9.79 Å². The third-order valence-corrected chi connectivity index (χ3v) is 11.8. The first-order valence-corrected chi connectivity index (χ1v) is 25.4. The Morgan fingerprint density at radius 3 is 0.731 bits per heavy atom. The summed E-state index contributed by atoms with van der Waals surface area (Å²) in [5, 5.41) is 0. The van der Waals surface area contributed by atoms with E-state index in [2.05, 4.69) is 23.3 Å². The fraction of sp³-hybridized carbons (Fsp3) is 1.00. The van der Waals surface area contributed by atoms with Crippen molar-refractivity contribution in [3.05, 3.63) is 0 Å². The average Bonchev–Trinajstić information content (AvgIpc) is 3.12. The van der Waals surface area contributed by atoms with Gasteiger partial charge in [0.2, 0.25) is 0 Å². The molecular formula is C46H96NO4P. The Bertz CT molecular complexity index is 674. The quantitative estimate of drug-likeness (QED) is 0.0478. The fourth-order valence-electron chi connectivity index (χ4n) is 7.78. The van der Waals surface area contributed by atoms with Crippen LogP contribution in [-0.2, 0) is 9.09 Å². The van der Waals surface area contributed by atoms with Gasteiger partial charge in [0.05, 0.1) is 6.61 Å². The lowest BCUT2D eigenvalue weighted by Crippen LogP contribution is -2.27. The molecule has 0 aromatic carbocycles. The van der Waals surface area contributed by atoms with Gasteiger partial charge >= 0.3 is 7.82 Å². The van der Waals surface area contributed by atoms with E-state index in [1.54, 1.807) is 0 Å². The van der Waals surface area contributed by atoms with Gasteiger partial charge in [0.1, 0.15) is 0 Å². The molecule has 0 bridgehead atoms. The van der Waals surface area contributed by atoms with Crippen molar-refractivity contribution in [2.24, 2.45) is 0 Å². The van der Waals surface area contributed by atoms with Crippen LogP contribution in [0.4, 0.5) is 0 Å². The third kappa shape index (κ3) is 46.2. The summed E-state index contributed by atoms with van der Waals surface area (Å²) in [5.41, 5.74) is 0. The zero-order chi connectivity index (χ0) is 37.9. The van der Waals surface area contributed by atoms with E-state index in [0.717, 1.165) is 19.3 Å². The molecule has 0 radical (unpaired) electrons. The molecule has 0 aromatic rings. The minimum Gasteiger partial charge on any atom is -0.303 e. The van der Waals surface area contributed by atoms with E-state index < -0.39 is 7.82 Å². The Kier molecular flexibility index (Phi) is 43.9. The van der Waals surface area contributed by atoms with E-state index in [1.165, 1.54) is 257 Å². The van der Waals surface area contributed by atoms with Crippen LogP contribution in [0.1, 0.15) is 271 Å². The summed E-state index contributed by atoms with van der Waals surface area (Å²) in [6, 6.07) is 0. The van der Waals surface area contributed by atoms with Gasteiger partial charge in [0, 0.05) is 0 Å². The van der Waals surface area contributed by atoms with Crippen molar-refractivity contribution < 1.29 is 18.9 Å². The van der Waals surface area contributed by atoms with Gasteiger partial charge in [0.25, 0.3) is 0 Å². The van der Waals surface area contributed by atoms with Crippen LogP contribution in [0.5, 0.6) is 0 Å². The first-order chi connectivity index (χ1) is 25.5. The van der Waals surface area contributed by atoms with Crippen molar-refractivity contribution in [3.63, 3.8) is 0 Å². The molecule has 0 fully saturated rings. The predicted octanol–water partition coefficient (Wildman–Crippen LogP) is 16.0. The molecule has 0 amide bonds. The summed E-state index contributed by atoms with van der Waals surface area (Å²) in [6.45, 7) is 8.80. The molecule has 6 heteroatoms. The summed E-state index contributed by atoms with van der Waals surface area (Å²) >= 11 is 0. The van der Waals surface area contributed by atoms with Crippen LogP contribution in [0.15, 0.2) is 0 Å². The van der Waals surface area contributed by atoms with Crippen LogP contribution in [0.2, 0.25) is 0 Å². The lowest BCUT2D eigenvalue weighted by Gasteiger charge is -2.22. The molecule has 0 heterocycles. The molecule has 0 unspecified atom stereocenters. The van der Waals surface area contributed by atoms with Crippen molar-refractivity contribution in [2.75, 3.05) is 26.2 Å². The Balaban J connectivity index is 3.86. The lowest BCUT2D eigenvalue weighted by atomic mass is 10.0. The normalized spacial score (nSPS) is 12.1. The first-order valence-electron chi connectivity index (χ1n) is 23.9. The highest BCUT2D eigenvalue weighted by Crippen LogP contribution is 2.35. The SMILES string of the molecule is CCCCCCCCCCCCCCN(CCCCCCCCCCCCCC)CCCCCCCCCCCCCCCCCCOP(=O)(O)O. The molecule has 0 saturated carbocycles. The molecule has 0 aromatic heterocycles. The summed E-state index contributed by atoms with van der Waals surface area (Å²) in [5.74, 6) is 0. The van der Waals surface area contributed by atoms with Crippen molar-refractivity contribution in [3.8, 4) is 0 Å². The molecular weight excluding hydrogens is 661 g/mol. The smallest absolute Gasteiger partial charge is 0.303 e. The molecule has 0 aliphatic heterocycles. The van der Waals surface area contributed by atoms with Crippen LogP contribution in [0.3, 0.4) is 0 Å². The van der Waals surface area contributed by atoms with Crippen LogP contribution in [0, 0.1) is 0 Å². The molecule has 5 nitrogen and oxygen atoms in total. The van der Waals surface area contributed by atoms with Gasteiger partial charge in [-0.25, -0.2) is 4.57 Å². The standard InChI is InChI=1S/C46H96NO4P/c1-3-5-7-9-11-13-15-23-27-31-35-39-43-47(44-40-36-32-28-24-16-14-12-10-8-6-4-2)45-41-37-33-29-25-21-19-17-18-20-22-26-30-34-38-42-46-51-52(48,49)50/h3-46H2,1-2H3,(H2,48,49,50). The van der Waals surface area contributed by atoms with Gasteiger partial charge in [-0.2, -0.15) is 0 Å². The maximum Gasteiger partial charge on any atom is 0.469 e. The van der Waals surface area contributed by atoms with Crippen molar-refractivity contribution in [1.29, 1.82) is 0 Å². The van der Waals surface area contributed by atoms with Crippen LogP contribution in [0.25, 0.3) is 0 Å². The highest BCUT2D eigenvalue weighted by molar-refractivity contribution is 7.46. The van der Waals surface area contributed by atoms with E-state index >= 15 is 0 Å². The Hall–Kier alpha value is 0.0700. The van der Waals surface area contributed by atoms with Gasteiger partial charge in [0.15, 0.2) is 0 Å². The van der Waals surface area contributed by atoms with Crippen molar-refractivity contribution in [1.82, 2.24) is 4.90 Å². The molecule has 52 heavy (non-hydrogen) atoms. The zero-order valence-electron chi connectivity index (χ0n) is 35.7. The number of rotatable bonds is 46. The minimum atomic E-state index is -4.28. The largest absolute Gasteiger partial charge is 0.469 e. The maximum atomic E-state index is 10.7. The van der Waals surface area contributed by atoms with Gasteiger partial charge in [-0.05, 0) is 45.3 Å². The Morgan fingerprint density at radius 2 is 0.519 bits per heavy atom. The van der Waals surface area contributed by atoms with E-state index in [-0.39, 0.29) is 6.61 Å². The number of unbranched alkanes of at least 4 members (excludes halogenated alkanes) is 37. The fourth-order valence-corrected chi connectivity index (χ4v) is 8.15. The van der Waals surface area contributed by atoms with Crippen LogP contribution < -0.4 is 0 Å². The van der Waals surface area contributed by atoms with Gasteiger partial charge in [-0.1, -0.05) is 245 Å². The van der Waals surface area contributed by atoms with Crippen LogP contribution >= 0.6 is 7.82 Å². The number of hydrogen-bond acceptors (Lipinski definition) is 3. The number of phosphoric acid groups is 1. The van der Waals surface area contributed by atoms with Crippen molar-refractivity contribution >= 4 is 7.82 Å². The molecule has 0 spiro atoms. The van der Waals surface area contributed by atoms with Gasteiger partial charge in [-0.3, -0.25) is 4.52 Å². The topological polar surface area (TPSA) is 70.0 Å². The molecule has 0 rings (SSSR count). The molecule has 314 valence electrons. The average molecular weight is 758 g/mol. The second-order valence-corrected chi connectivity index (χ2v) is 17.8.